The van der Waals surface area contributed by atoms with Gasteiger partial charge < -0.3 is 19.4 Å². The number of nitrogens with one attached hydrogen (secondary N) is 2. The molecule has 2 N–H and O–H groups in total. The van der Waals surface area contributed by atoms with Crippen molar-refractivity contribution in [2.75, 3.05) is 14.2 Å². The fourth-order valence-electron chi connectivity index (χ4n) is 3.31. The van der Waals surface area contributed by atoms with Crippen LogP contribution in [-0.2, 0) is 6.42 Å². The van der Waals surface area contributed by atoms with Crippen LogP contribution in [0.1, 0.15) is 40.7 Å². The molecule has 0 saturated heterocycles. The number of methoxy groups -OCH3 is 2. The zero-order valence-corrected chi connectivity index (χ0v) is 19.1. The Morgan fingerprint density at radius 3 is 2.22 bits per heavy atom. The number of hydrogen-bond donors (Lipinski definition) is 2. The Balaban J connectivity index is 0.000000323. The van der Waals surface area contributed by atoms with Crippen LogP contribution < -0.4 is 9.47 Å². The molecule has 7 heteroatoms. The Morgan fingerprint density at radius 2 is 1.59 bits per heavy atom. The van der Waals surface area contributed by atoms with Crippen LogP contribution >= 0.6 is 0 Å². The van der Waals surface area contributed by atoms with E-state index >= 15 is 0 Å². The van der Waals surface area contributed by atoms with Crippen molar-refractivity contribution in [1.82, 2.24) is 19.9 Å². The summed E-state index contributed by atoms with van der Waals surface area (Å²) in [4.78, 5) is 14.1. The van der Waals surface area contributed by atoms with Crippen LogP contribution in [0.25, 0.3) is 22.5 Å². The molecule has 0 unspecified atom stereocenters. The van der Waals surface area contributed by atoms with Gasteiger partial charge in [0.15, 0.2) is 0 Å². The van der Waals surface area contributed by atoms with Gasteiger partial charge in [-0.15, -0.1) is 0 Å². The van der Waals surface area contributed by atoms with Gasteiger partial charge in [0.25, 0.3) is 0 Å². The summed E-state index contributed by atoms with van der Waals surface area (Å²) in [6, 6.07) is 13.5. The van der Waals surface area contributed by atoms with Gasteiger partial charge in [0.05, 0.1) is 26.9 Å². The highest BCUT2D eigenvalue weighted by Crippen LogP contribution is 2.31. The van der Waals surface area contributed by atoms with Crippen LogP contribution in [0.15, 0.2) is 55.1 Å². The molecule has 2 heterocycles. The molecule has 4 rings (SSSR count). The molecule has 4 aromatic rings. The lowest BCUT2D eigenvalue weighted by Gasteiger charge is -2.09. The number of nitrogens with zero attached hydrogens (tertiary/aromatic N) is 2. The number of rotatable bonds is 6. The van der Waals surface area contributed by atoms with Crippen molar-refractivity contribution in [1.29, 1.82) is 0 Å². The fraction of sp³-hybridized carbons (Fsp3) is 0.280. The molecular formula is C25H33FN4O2. The first-order valence-corrected chi connectivity index (χ1v) is 10.5. The second-order valence-electron chi connectivity index (χ2n) is 7.52. The maximum atomic E-state index is 13.8. The van der Waals surface area contributed by atoms with Crippen molar-refractivity contribution < 1.29 is 16.7 Å². The summed E-state index contributed by atoms with van der Waals surface area (Å²) in [5, 5.41) is 0. The summed E-state index contributed by atoms with van der Waals surface area (Å²) in [5.41, 5.74) is 5.51. The van der Waals surface area contributed by atoms with Crippen LogP contribution in [0.2, 0.25) is 0 Å². The average molecular weight is 441 g/mol. The fourth-order valence-corrected chi connectivity index (χ4v) is 3.31. The summed E-state index contributed by atoms with van der Waals surface area (Å²) in [6.45, 7) is 6.28. The Kier molecular flexibility index (Phi) is 7.65. The van der Waals surface area contributed by atoms with Crippen molar-refractivity contribution in [2.45, 2.75) is 33.1 Å². The van der Waals surface area contributed by atoms with E-state index in [1.54, 1.807) is 19.5 Å². The van der Waals surface area contributed by atoms with Crippen molar-refractivity contribution in [3.05, 3.63) is 72.1 Å². The molecule has 0 amide bonds. The lowest BCUT2D eigenvalue weighted by molar-refractivity contribution is 0.401. The van der Waals surface area contributed by atoms with Gasteiger partial charge in [-0.05, 0) is 41.7 Å². The Bertz CT molecular complexity index is 1160. The van der Waals surface area contributed by atoms with Gasteiger partial charge in [-0.1, -0.05) is 45.0 Å². The van der Waals surface area contributed by atoms with Crippen LogP contribution in [0.4, 0.5) is 4.39 Å². The Morgan fingerprint density at radius 1 is 0.938 bits per heavy atom. The van der Waals surface area contributed by atoms with E-state index in [0.29, 0.717) is 28.9 Å². The summed E-state index contributed by atoms with van der Waals surface area (Å²) >= 11 is 0. The van der Waals surface area contributed by atoms with E-state index in [1.165, 1.54) is 25.1 Å². The molecule has 0 saturated carbocycles. The molecule has 2 aromatic carbocycles. The number of aromatic amines is 2. The minimum atomic E-state index is -0.281. The topological polar surface area (TPSA) is 75.8 Å². The van der Waals surface area contributed by atoms with Gasteiger partial charge >= 0.3 is 0 Å². The second-order valence-corrected chi connectivity index (χ2v) is 7.52. The summed E-state index contributed by atoms with van der Waals surface area (Å²) in [5.74, 6) is 1.12. The number of H-pyrrole nitrogens is 2. The van der Waals surface area contributed by atoms with Crippen LogP contribution in [0.3, 0.4) is 0 Å². The predicted molar refractivity (Wildman–Crippen MR) is 129 cm³/mol. The first-order valence-electron chi connectivity index (χ1n) is 10.5. The first-order chi connectivity index (χ1) is 15.5. The molecule has 6 nitrogen and oxygen atoms in total. The highest BCUT2D eigenvalue weighted by molar-refractivity contribution is 5.66. The zero-order valence-electron chi connectivity index (χ0n) is 19.1. The quantitative estimate of drug-likeness (QED) is 0.359. The van der Waals surface area contributed by atoms with Crippen LogP contribution in [0.5, 0.6) is 11.8 Å². The Hall–Kier alpha value is -3.61. The molecule has 0 aliphatic carbocycles. The van der Waals surface area contributed by atoms with Gasteiger partial charge in [-0.3, -0.25) is 0 Å². The third-order valence-corrected chi connectivity index (χ3v) is 5.15. The first kappa shape index (κ1) is 23.1. The smallest absolute Gasteiger partial charge is 0.239 e. The number of hydrogen-bond acceptors (Lipinski definition) is 4. The van der Waals surface area contributed by atoms with Gasteiger partial charge in [0.1, 0.15) is 17.2 Å². The summed E-state index contributed by atoms with van der Waals surface area (Å²) in [7, 11) is 3.15. The van der Waals surface area contributed by atoms with Crippen molar-refractivity contribution in [2.24, 2.45) is 0 Å². The molecule has 0 aliphatic heterocycles. The number of aryl methyl sites for hydroxylation is 1. The molecular weight excluding hydrogens is 407 g/mol. The van der Waals surface area contributed by atoms with E-state index in [9.17, 15) is 4.39 Å². The highest BCUT2D eigenvalue weighted by atomic mass is 19.1. The minimum Gasteiger partial charge on any atom is -0.479 e. The van der Waals surface area contributed by atoms with E-state index in [-0.39, 0.29) is 8.67 Å². The van der Waals surface area contributed by atoms with E-state index in [4.69, 9.17) is 9.47 Å². The normalized spacial score (nSPS) is 10.6. The third kappa shape index (κ3) is 5.17. The van der Waals surface area contributed by atoms with Gasteiger partial charge in [-0.25, -0.2) is 14.4 Å². The van der Waals surface area contributed by atoms with Crippen molar-refractivity contribution in [3.8, 4) is 34.3 Å². The van der Waals surface area contributed by atoms with Crippen molar-refractivity contribution >= 4 is 0 Å². The molecule has 2 aromatic heterocycles. The number of halogens is 1. The molecule has 0 atom stereocenters. The molecule has 0 bridgehead atoms. The highest BCUT2D eigenvalue weighted by Gasteiger charge is 2.14. The monoisotopic (exact) mass is 440 g/mol. The Labute approximate surface area is 190 Å². The minimum absolute atomic E-state index is 0. The third-order valence-electron chi connectivity index (χ3n) is 5.15. The predicted octanol–water partition coefficient (Wildman–Crippen LogP) is 6.49. The van der Waals surface area contributed by atoms with Crippen molar-refractivity contribution in [3.63, 3.8) is 0 Å². The maximum absolute atomic E-state index is 13.8. The van der Waals surface area contributed by atoms with Crippen LogP contribution in [0, 0.1) is 5.82 Å². The van der Waals surface area contributed by atoms with Gasteiger partial charge in [-0.2, -0.15) is 0 Å². The average Bonchev–Trinajstić information content (AvgIpc) is 3.49. The summed E-state index contributed by atoms with van der Waals surface area (Å²) in [6.07, 6.45) is 4.17. The number of aromatic nitrogens is 4. The molecule has 0 radical (unpaired) electrons. The van der Waals surface area contributed by atoms with Gasteiger partial charge in [0.2, 0.25) is 11.8 Å². The lowest BCUT2D eigenvalue weighted by Crippen LogP contribution is -1.93. The molecule has 0 fully saturated rings. The second kappa shape index (κ2) is 10.6. The van der Waals surface area contributed by atoms with E-state index in [0.717, 1.165) is 23.2 Å². The SMILES string of the molecule is CCc1cccc(-c2[nH]cnc2OC)c1.COc1nc[nH]c1-c1cc(C(C)C)ccc1F.[HH].[HH]. The molecule has 172 valence electrons. The van der Waals surface area contributed by atoms with E-state index in [2.05, 4.69) is 65.0 Å². The summed E-state index contributed by atoms with van der Waals surface area (Å²) < 4.78 is 24.1. The number of imidazole rings is 2. The van der Waals surface area contributed by atoms with E-state index in [1.807, 2.05) is 6.07 Å². The lowest BCUT2D eigenvalue weighted by atomic mass is 9.99. The largest absolute Gasteiger partial charge is 0.479 e. The standard InChI is InChI=1S/C13H15FN2O.C12H14N2O.2H2/c1-8(2)9-4-5-11(14)10(6-9)12-13(17-3)16-7-15-12;1-3-9-5-4-6-10(7-9)11-12(15-2)14-8-13-11;;/h4-8H,1-3H3,(H,15,16);4-8H,3H2,1-2H3,(H,13,14);2*1H. The molecule has 0 aliphatic rings. The molecule has 0 spiro atoms. The molecule has 32 heavy (non-hydrogen) atoms. The number of ether oxygens (including phenoxy) is 2. The van der Waals surface area contributed by atoms with E-state index < -0.39 is 0 Å². The van der Waals surface area contributed by atoms with Gasteiger partial charge in [0, 0.05) is 14.0 Å². The maximum Gasteiger partial charge on any atom is 0.239 e. The zero-order chi connectivity index (χ0) is 23.1. The van der Waals surface area contributed by atoms with Crippen LogP contribution in [-0.4, -0.2) is 34.2 Å². The number of benzene rings is 2.